The summed E-state index contributed by atoms with van der Waals surface area (Å²) in [6.45, 7) is 6.23. The van der Waals surface area contributed by atoms with Gasteiger partial charge in [0.1, 0.15) is 5.75 Å². The van der Waals surface area contributed by atoms with Gasteiger partial charge < -0.3 is 4.74 Å². The van der Waals surface area contributed by atoms with Crippen molar-refractivity contribution in [2.45, 2.75) is 33.2 Å². The van der Waals surface area contributed by atoms with Crippen LogP contribution in [0.3, 0.4) is 0 Å². The number of rotatable bonds is 7. The number of nitrogens with one attached hydrogen (secondary N) is 1. The minimum atomic E-state index is -3.18. The highest BCUT2D eigenvalue weighted by Gasteiger charge is 2.14. The third kappa shape index (κ3) is 4.66. The fourth-order valence-corrected chi connectivity index (χ4v) is 3.01. The predicted octanol–water partition coefficient (Wildman–Crippen LogP) is 2.48. The first kappa shape index (κ1) is 15.0. The average molecular weight is 271 g/mol. The summed E-state index contributed by atoms with van der Waals surface area (Å²) in [5.41, 5.74) is 0.929. The second-order valence-electron chi connectivity index (χ2n) is 4.16. The highest BCUT2D eigenvalue weighted by Crippen LogP contribution is 2.18. The molecule has 0 saturated carbocycles. The van der Waals surface area contributed by atoms with Crippen molar-refractivity contribution < 1.29 is 13.2 Å². The normalized spacial score (nSPS) is 13.3. The quantitative estimate of drug-likeness (QED) is 0.829. The lowest BCUT2D eigenvalue weighted by Crippen LogP contribution is -2.28. The van der Waals surface area contributed by atoms with Gasteiger partial charge in [-0.15, -0.1) is 0 Å². The van der Waals surface area contributed by atoms with Gasteiger partial charge in [-0.05, 0) is 38.0 Å². The molecule has 0 aliphatic carbocycles. The van der Waals surface area contributed by atoms with Gasteiger partial charge in [0.25, 0.3) is 0 Å². The molecule has 18 heavy (non-hydrogen) atoms. The van der Waals surface area contributed by atoms with Crippen LogP contribution in [0, 0.1) is 0 Å². The third-order valence-electron chi connectivity index (χ3n) is 2.52. The van der Waals surface area contributed by atoms with Crippen LogP contribution in [0.5, 0.6) is 5.75 Å². The molecule has 1 atom stereocenters. The van der Waals surface area contributed by atoms with Gasteiger partial charge in [-0.2, -0.15) is 0 Å². The Bertz CT molecular complexity index is 454. The Morgan fingerprint density at radius 2 is 1.83 bits per heavy atom. The number of hydrogen-bond donors (Lipinski definition) is 1. The highest BCUT2D eigenvalue weighted by atomic mass is 32.2. The van der Waals surface area contributed by atoms with Crippen LogP contribution in [-0.2, 0) is 10.0 Å². The summed E-state index contributed by atoms with van der Waals surface area (Å²) < 4.78 is 31.3. The molecule has 0 aliphatic rings. The molecule has 1 aromatic rings. The van der Waals surface area contributed by atoms with Crippen LogP contribution < -0.4 is 9.46 Å². The monoisotopic (exact) mass is 271 g/mol. The summed E-state index contributed by atoms with van der Waals surface area (Å²) in [5.74, 6) is 0.957. The van der Waals surface area contributed by atoms with Gasteiger partial charge in [-0.25, -0.2) is 13.1 Å². The molecule has 0 fully saturated rings. The summed E-state index contributed by atoms with van der Waals surface area (Å²) in [5, 5.41) is 0. The maximum absolute atomic E-state index is 11.6. The molecule has 0 spiro atoms. The molecule has 0 saturated heterocycles. The van der Waals surface area contributed by atoms with Crippen LogP contribution in [0.4, 0.5) is 0 Å². The topological polar surface area (TPSA) is 55.4 Å². The van der Waals surface area contributed by atoms with Crippen molar-refractivity contribution >= 4 is 10.0 Å². The Morgan fingerprint density at radius 3 is 2.33 bits per heavy atom. The van der Waals surface area contributed by atoms with Crippen LogP contribution in [0.1, 0.15) is 38.8 Å². The van der Waals surface area contributed by atoms with Crippen molar-refractivity contribution in [3.05, 3.63) is 29.8 Å². The zero-order valence-electron chi connectivity index (χ0n) is 11.1. The van der Waals surface area contributed by atoms with E-state index in [2.05, 4.69) is 4.72 Å². The largest absolute Gasteiger partial charge is 0.494 e. The predicted molar refractivity (Wildman–Crippen MR) is 73.2 cm³/mol. The van der Waals surface area contributed by atoms with E-state index in [0.717, 1.165) is 11.3 Å². The molecule has 0 aliphatic heterocycles. The molecule has 0 aromatic heterocycles. The SMILES string of the molecule is CCCS(=O)(=O)NC(C)c1ccc(OCC)cc1. The van der Waals surface area contributed by atoms with Crippen LogP contribution in [0.25, 0.3) is 0 Å². The van der Waals surface area contributed by atoms with E-state index in [9.17, 15) is 8.42 Å². The zero-order chi connectivity index (χ0) is 13.6. The van der Waals surface area contributed by atoms with Crippen LogP contribution >= 0.6 is 0 Å². The minimum Gasteiger partial charge on any atom is -0.494 e. The van der Waals surface area contributed by atoms with E-state index in [1.54, 1.807) is 0 Å². The number of hydrogen-bond acceptors (Lipinski definition) is 3. The second kappa shape index (κ2) is 6.75. The zero-order valence-corrected chi connectivity index (χ0v) is 12.0. The van der Waals surface area contributed by atoms with E-state index < -0.39 is 10.0 Å². The molecule has 102 valence electrons. The maximum Gasteiger partial charge on any atom is 0.212 e. The van der Waals surface area contributed by atoms with Crippen molar-refractivity contribution in [3.8, 4) is 5.75 Å². The van der Waals surface area contributed by atoms with Gasteiger partial charge in [-0.1, -0.05) is 19.1 Å². The summed E-state index contributed by atoms with van der Waals surface area (Å²) in [4.78, 5) is 0. The lowest BCUT2D eigenvalue weighted by Gasteiger charge is -2.14. The fourth-order valence-electron chi connectivity index (χ4n) is 1.68. The van der Waals surface area contributed by atoms with E-state index in [0.29, 0.717) is 13.0 Å². The molecule has 1 rings (SSSR count). The van der Waals surface area contributed by atoms with Gasteiger partial charge >= 0.3 is 0 Å². The summed E-state index contributed by atoms with van der Waals surface area (Å²) in [7, 11) is -3.18. The second-order valence-corrected chi connectivity index (χ2v) is 6.03. The molecular weight excluding hydrogens is 250 g/mol. The summed E-state index contributed by atoms with van der Waals surface area (Å²) >= 11 is 0. The van der Waals surface area contributed by atoms with Crippen molar-refractivity contribution in [1.82, 2.24) is 4.72 Å². The minimum absolute atomic E-state index is 0.161. The number of benzene rings is 1. The van der Waals surface area contributed by atoms with E-state index in [4.69, 9.17) is 4.74 Å². The van der Waals surface area contributed by atoms with Gasteiger partial charge in [0.15, 0.2) is 0 Å². The van der Waals surface area contributed by atoms with Crippen molar-refractivity contribution in [3.63, 3.8) is 0 Å². The van der Waals surface area contributed by atoms with Crippen LogP contribution in [0.15, 0.2) is 24.3 Å². The lowest BCUT2D eigenvalue weighted by atomic mass is 10.1. The first-order chi connectivity index (χ1) is 8.48. The number of ether oxygens (including phenoxy) is 1. The van der Waals surface area contributed by atoms with E-state index in [-0.39, 0.29) is 11.8 Å². The van der Waals surface area contributed by atoms with E-state index in [1.165, 1.54) is 0 Å². The van der Waals surface area contributed by atoms with Gasteiger partial charge in [-0.3, -0.25) is 0 Å². The van der Waals surface area contributed by atoms with Crippen molar-refractivity contribution in [2.24, 2.45) is 0 Å². The molecule has 0 amide bonds. The average Bonchev–Trinajstić information content (AvgIpc) is 2.29. The first-order valence-corrected chi connectivity index (χ1v) is 7.86. The molecule has 0 bridgehead atoms. The fraction of sp³-hybridized carbons (Fsp3) is 0.538. The van der Waals surface area contributed by atoms with Crippen LogP contribution in [0.2, 0.25) is 0 Å². The smallest absolute Gasteiger partial charge is 0.212 e. The van der Waals surface area contributed by atoms with Gasteiger partial charge in [0.05, 0.1) is 12.4 Å². The van der Waals surface area contributed by atoms with Gasteiger partial charge in [0, 0.05) is 6.04 Å². The molecule has 1 N–H and O–H groups in total. The van der Waals surface area contributed by atoms with Gasteiger partial charge in [0.2, 0.25) is 10.0 Å². The highest BCUT2D eigenvalue weighted by molar-refractivity contribution is 7.89. The molecular formula is C13H21NO3S. The molecule has 1 unspecified atom stereocenters. The number of sulfonamides is 1. The van der Waals surface area contributed by atoms with E-state index >= 15 is 0 Å². The first-order valence-electron chi connectivity index (χ1n) is 6.21. The van der Waals surface area contributed by atoms with E-state index in [1.807, 2.05) is 45.0 Å². The Morgan fingerprint density at radius 1 is 1.22 bits per heavy atom. The van der Waals surface area contributed by atoms with Crippen molar-refractivity contribution in [2.75, 3.05) is 12.4 Å². The van der Waals surface area contributed by atoms with Crippen LogP contribution in [-0.4, -0.2) is 20.8 Å². The molecule has 0 heterocycles. The summed E-state index contributed by atoms with van der Waals surface area (Å²) in [6.07, 6.45) is 0.616. The Labute approximate surface area is 109 Å². The lowest BCUT2D eigenvalue weighted by molar-refractivity contribution is 0.340. The third-order valence-corrected chi connectivity index (χ3v) is 4.18. The van der Waals surface area contributed by atoms with Crippen molar-refractivity contribution in [1.29, 1.82) is 0 Å². The standard InChI is InChI=1S/C13H21NO3S/c1-4-10-18(15,16)14-11(3)12-6-8-13(9-7-12)17-5-2/h6-9,11,14H,4-5,10H2,1-3H3. The Balaban J connectivity index is 2.69. The Hall–Kier alpha value is -1.07. The molecule has 5 heteroatoms. The Kier molecular flexibility index (Phi) is 5.62. The molecule has 0 radical (unpaired) electrons. The molecule has 4 nitrogen and oxygen atoms in total. The summed E-state index contributed by atoms with van der Waals surface area (Å²) in [6, 6.07) is 7.23. The molecule has 1 aromatic carbocycles. The maximum atomic E-state index is 11.6.